The molecule has 0 bridgehead atoms. The average molecular weight is 292 g/mol. The van der Waals surface area contributed by atoms with Crippen LogP contribution in [0.25, 0.3) is 0 Å². The predicted molar refractivity (Wildman–Crippen MR) is 72.6 cm³/mol. The zero-order valence-electron chi connectivity index (χ0n) is 10.2. The molecule has 0 spiro atoms. The highest BCUT2D eigenvalue weighted by Crippen LogP contribution is 2.23. The summed E-state index contributed by atoms with van der Waals surface area (Å²) in [6.07, 6.45) is 0. The minimum atomic E-state index is -3.44. The van der Waals surface area contributed by atoms with Gasteiger partial charge in [0.15, 0.2) is 0 Å². The summed E-state index contributed by atoms with van der Waals surface area (Å²) < 4.78 is 50.5. The molecule has 0 aliphatic rings. The van der Waals surface area contributed by atoms with Crippen LogP contribution in [0.3, 0.4) is 0 Å². The number of rotatable bonds is 6. The lowest BCUT2D eigenvalue weighted by Gasteiger charge is -2.13. The molecule has 0 aromatic heterocycles. The van der Waals surface area contributed by atoms with Crippen molar-refractivity contribution in [2.75, 3.05) is 20.9 Å². The molecule has 102 valence electrons. The van der Waals surface area contributed by atoms with Crippen LogP contribution >= 0.6 is 0 Å². The Labute approximate surface area is 108 Å². The lowest BCUT2D eigenvalue weighted by molar-refractivity contribution is 0.600. The number of anilines is 2. The van der Waals surface area contributed by atoms with E-state index in [4.69, 9.17) is 0 Å². The normalized spacial score (nSPS) is 12.1. The fourth-order valence-corrected chi connectivity index (χ4v) is 2.46. The van der Waals surface area contributed by atoms with Crippen molar-refractivity contribution in [3.63, 3.8) is 0 Å². The van der Waals surface area contributed by atoms with Crippen molar-refractivity contribution in [3.8, 4) is 0 Å². The Morgan fingerprint density at radius 1 is 0.833 bits per heavy atom. The molecule has 8 heteroatoms. The van der Waals surface area contributed by atoms with E-state index in [9.17, 15) is 16.8 Å². The van der Waals surface area contributed by atoms with Gasteiger partial charge in [0.05, 0.1) is 22.9 Å². The van der Waals surface area contributed by atoms with Crippen molar-refractivity contribution in [2.24, 2.45) is 0 Å². The minimum absolute atomic E-state index is 0.0815. The van der Waals surface area contributed by atoms with Gasteiger partial charge in [0, 0.05) is 0 Å². The van der Waals surface area contributed by atoms with E-state index in [1.54, 1.807) is 12.1 Å². The smallest absolute Gasteiger partial charge is 0.232 e. The van der Waals surface area contributed by atoms with Crippen LogP contribution in [0.2, 0.25) is 0 Å². The lowest BCUT2D eigenvalue weighted by Crippen LogP contribution is -2.19. The van der Waals surface area contributed by atoms with Gasteiger partial charge in [-0.1, -0.05) is 12.1 Å². The van der Waals surface area contributed by atoms with E-state index in [1.807, 2.05) is 0 Å². The SMILES string of the molecule is CCS(=O)(=O)Nc1ccccc1NS(=O)(=O)CC. The summed E-state index contributed by atoms with van der Waals surface area (Å²) in [4.78, 5) is 0. The number of para-hydroxylation sites is 2. The van der Waals surface area contributed by atoms with E-state index in [1.165, 1.54) is 26.0 Å². The lowest BCUT2D eigenvalue weighted by atomic mass is 10.3. The highest BCUT2D eigenvalue weighted by atomic mass is 32.2. The third-order valence-electron chi connectivity index (χ3n) is 2.22. The Hall–Kier alpha value is -1.28. The topological polar surface area (TPSA) is 92.3 Å². The third kappa shape index (κ3) is 4.19. The van der Waals surface area contributed by atoms with Gasteiger partial charge >= 0.3 is 0 Å². The Balaban J connectivity index is 3.08. The first kappa shape index (κ1) is 14.8. The second-order valence-electron chi connectivity index (χ2n) is 3.56. The summed E-state index contributed by atoms with van der Waals surface area (Å²) in [5.41, 5.74) is 0.438. The first-order chi connectivity index (χ1) is 8.29. The maximum absolute atomic E-state index is 11.5. The van der Waals surface area contributed by atoms with E-state index < -0.39 is 20.0 Å². The zero-order chi connectivity index (χ0) is 13.8. The van der Waals surface area contributed by atoms with Crippen molar-refractivity contribution in [1.29, 1.82) is 0 Å². The first-order valence-electron chi connectivity index (χ1n) is 5.39. The van der Waals surface area contributed by atoms with Gasteiger partial charge in [-0.3, -0.25) is 9.44 Å². The molecule has 0 fully saturated rings. The van der Waals surface area contributed by atoms with Crippen LogP contribution in [-0.4, -0.2) is 28.3 Å². The van der Waals surface area contributed by atoms with E-state index in [2.05, 4.69) is 9.44 Å². The number of benzene rings is 1. The first-order valence-corrected chi connectivity index (χ1v) is 8.70. The summed E-state index contributed by atoms with van der Waals surface area (Å²) in [5, 5.41) is 0. The van der Waals surface area contributed by atoms with E-state index in [-0.39, 0.29) is 22.9 Å². The highest BCUT2D eigenvalue weighted by molar-refractivity contribution is 7.93. The molecule has 0 radical (unpaired) electrons. The fourth-order valence-electron chi connectivity index (χ4n) is 1.14. The summed E-state index contributed by atoms with van der Waals surface area (Å²) in [6, 6.07) is 6.25. The maximum Gasteiger partial charge on any atom is 0.232 e. The van der Waals surface area contributed by atoms with Gasteiger partial charge in [0.2, 0.25) is 20.0 Å². The van der Waals surface area contributed by atoms with Gasteiger partial charge in [0.25, 0.3) is 0 Å². The molecule has 2 N–H and O–H groups in total. The summed E-state index contributed by atoms with van der Waals surface area (Å²) in [6.45, 7) is 3.00. The van der Waals surface area contributed by atoms with Crippen LogP contribution in [0, 0.1) is 0 Å². The Morgan fingerprint density at radius 2 is 1.17 bits per heavy atom. The molecule has 18 heavy (non-hydrogen) atoms. The van der Waals surface area contributed by atoms with Gasteiger partial charge in [0.1, 0.15) is 0 Å². The van der Waals surface area contributed by atoms with Crippen molar-refractivity contribution in [3.05, 3.63) is 24.3 Å². The number of hydrogen-bond acceptors (Lipinski definition) is 4. The largest absolute Gasteiger partial charge is 0.281 e. The average Bonchev–Trinajstić information content (AvgIpc) is 2.31. The van der Waals surface area contributed by atoms with Crippen molar-refractivity contribution in [2.45, 2.75) is 13.8 Å². The molecule has 1 aromatic carbocycles. The molecular weight excluding hydrogens is 276 g/mol. The van der Waals surface area contributed by atoms with Gasteiger partial charge in [-0.2, -0.15) is 0 Å². The van der Waals surface area contributed by atoms with Crippen LogP contribution in [0.15, 0.2) is 24.3 Å². The molecule has 0 atom stereocenters. The Morgan fingerprint density at radius 3 is 1.44 bits per heavy atom. The Kier molecular flexibility index (Phi) is 4.58. The van der Waals surface area contributed by atoms with Crippen LogP contribution in [0.5, 0.6) is 0 Å². The molecule has 0 aliphatic heterocycles. The van der Waals surface area contributed by atoms with Gasteiger partial charge < -0.3 is 0 Å². The highest BCUT2D eigenvalue weighted by Gasteiger charge is 2.13. The fraction of sp³-hybridized carbons (Fsp3) is 0.400. The number of hydrogen-bond donors (Lipinski definition) is 2. The maximum atomic E-state index is 11.5. The molecule has 1 aromatic rings. The molecular formula is C10H16N2O4S2. The van der Waals surface area contributed by atoms with Crippen molar-refractivity contribution >= 4 is 31.4 Å². The standard InChI is InChI=1S/C10H16N2O4S2/c1-3-17(13,14)11-9-7-5-6-8-10(9)12-18(15,16)4-2/h5-8,11-12H,3-4H2,1-2H3. The van der Waals surface area contributed by atoms with Gasteiger partial charge in [-0.25, -0.2) is 16.8 Å². The summed E-state index contributed by atoms with van der Waals surface area (Å²) >= 11 is 0. The number of sulfonamides is 2. The van der Waals surface area contributed by atoms with Crippen LogP contribution < -0.4 is 9.44 Å². The van der Waals surface area contributed by atoms with E-state index in [0.29, 0.717) is 0 Å². The van der Waals surface area contributed by atoms with Crippen molar-refractivity contribution in [1.82, 2.24) is 0 Å². The van der Waals surface area contributed by atoms with Gasteiger partial charge in [-0.05, 0) is 26.0 Å². The van der Waals surface area contributed by atoms with Crippen LogP contribution in [-0.2, 0) is 20.0 Å². The summed E-state index contributed by atoms with van der Waals surface area (Å²) in [5.74, 6) is -0.163. The molecule has 0 saturated heterocycles. The van der Waals surface area contributed by atoms with E-state index in [0.717, 1.165) is 0 Å². The Bertz CT molecular complexity index is 554. The van der Waals surface area contributed by atoms with Crippen LogP contribution in [0.4, 0.5) is 11.4 Å². The number of nitrogens with one attached hydrogen (secondary N) is 2. The second kappa shape index (κ2) is 5.57. The molecule has 1 rings (SSSR count). The quantitative estimate of drug-likeness (QED) is 0.824. The van der Waals surface area contributed by atoms with Crippen molar-refractivity contribution < 1.29 is 16.8 Å². The van der Waals surface area contributed by atoms with E-state index >= 15 is 0 Å². The van der Waals surface area contributed by atoms with Crippen LogP contribution in [0.1, 0.15) is 13.8 Å². The summed E-state index contributed by atoms with van der Waals surface area (Å²) in [7, 11) is -6.88. The second-order valence-corrected chi connectivity index (χ2v) is 7.58. The molecule has 0 unspecified atom stereocenters. The third-order valence-corrected chi connectivity index (χ3v) is 4.80. The molecule has 6 nitrogen and oxygen atoms in total. The minimum Gasteiger partial charge on any atom is -0.281 e. The van der Waals surface area contributed by atoms with Gasteiger partial charge in [-0.15, -0.1) is 0 Å². The predicted octanol–water partition coefficient (Wildman–Crippen LogP) is 1.21. The molecule has 0 saturated carbocycles. The molecule has 0 aliphatic carbocycles. The monoisotopic (exact) mass is 292 g/mol. The molecule has 0 amide bonds. The zero-order valence-corrected chi connectivity index (χ0v) is 11.8. The molecule has 0 heterocycles.